The number of nitrogens with two attached hydrogens (primary N) is 1. The van der Waals surface area contributed by atoms with Crippen molar-refractivity contribution in [3.8, 4) is 0 Å². The molecule has 4 nitrogen and oxygen atoms in total. The summed E-state index contributed by atoms with van der Waals surface area (Å²) in [4.78, 5) is 17.3. The maximum Gasteiger partial charge on any atom is 0.222 e. The van der Waals surface area contributed by atoms with Gasteiger partial charge in [0.15, 0.2) is 0 Å². The molecule has 0 bridgehead atoms. The van der Waals surface area contributed by atoms with Gasteiger partial charge in [0.25, 0.3) is 0 Å². The van der Waals surface area contributed by atoms with E-state index in [0.29, 0.717) is 24.3 Å². The van der Waals surface area contributed by atoms with Crippen LogP contribution in [0.15, 0.2) is 0 Å². The van der Waals surface area contributed by atoms with Gasteiger partial charge < -0.3 is 10.6 Å². The van der Waals surface area contributed by atoms with Crippen molar-refractivity contribution in [1.82, 2.24) is 9.80 Å². The lowest BCUT2D eigenvalue weighted by atomic mass is 9.83. The van der Waals surface area contributed by atoms with Gasteiger partial charge in [-0.2, -0.15) is 0 Å². The molecule has 0 radical (unpaired) electrons. The second-order valence-corrected chi connectivity index (χ2v) is 7.29. The van der Waals surface area contributed by atoms with E-state index in [2.05, 4.69) is 9.80 Å². The van der Waals surface area contributed by atoms with Crippen LogP contribution in [0.2, 0.25) is 0 Å². The molecule has 2 heterocycles. The number of carbonyl (C=O) groups is 1. The molecule has 0 spiro atoms. The first-order valence-electron chi connectivity index (χ1n) is 9.01. The summed E-state index contributed by atoms with van der Waals surface area (Å²) in [5.74, 6) is 0.789. The molecule has 3 atom stereocenters. The first-order valence-corrected chi connectivity index (χ1v) is 9.01. The summed E-state index contributed by atoms with van der Waals surface area (Å²) in [6.07, 6.45) is 10.7. The maximum absolute atomic E-state index is 12.5. The molecule has 6 heteroatoms. The number of amides is 1. The van der Waals surface area contributed by atoms with Crippen molar-refractivity contribution in [3.05, 3.63) is 0 Å². The zero-order valence-electron chi connectivity index (χ0n) is 14.1. The highest BCUT2D eigenvalue weighted by atomic mass is 35.5. The zero-order valence-corrected chi connectivity index (χ0v) is 15.8. The third kappa shape index (κ3) is 5.48. The highest BCUT2D eigenvalue weighted by Crippen LogP contribution is 2.27. The van der Waals surface area contributed by atoms with Gasteiger partial charge in [-0.05, 0) is 51.1 Å². The van der Waals surface area contributed by atoms with E-state index >= 15 is 0 Å². The molecule has 3 unspecified atom stereocenters. The van der Waals surface area contributed by atoms with E-state index in [1.54, 1.807) is 0 Å². The van der Waals surface area contributed by atoms with Gasteiger partial charge in [0.1, 0.15) is 0 Å². The summed E-state index contributed by atoms with van der Waals surface area (Å²) < 4.78 is 0. The predicted molar refractivity (Wildman–Crippen MR) is 99.5 cm³/mol. The Kier molecular flexibility index (Phi) is 9.20. The van der Waals surface area contributed by atoms with E-state index in [9.17, 15) is 4.79 Å². The molecule has 2 aliphatic heterocycles. The summed E-state index contributed by atoms with van der Waals surface area (Å²) >= 11 is 0. The Morgan fingerprint density at radius 3 is 2.30 bits per heavy atom. The molecule has 3 fully saturated rings. The summed E-state index contributed by atoms with van der Waals surface area (Å²) in [5.41, 5.74) is 6.19. The quantitative estimate of drug-likeness (QED) is 0.836. The third-order valence-electron chi connectivity index (χ3n) is 5.83. The number of halogens is 2. The lowest BCUT2D eigenvalue weighted by Gasteiger charge is -2.32. The van der Waals surface area contributed by atoms with E-state index in [1.165, 1.54) is 51.6 Å². The fourth-order valence-electron chi connectivity index (χ4n) is 4.39. The summed E-state index contributed by atoms with van der Waals surface area (Å²) in [6, 6.07) is 0.873. The van der Waals surface area contributed by atoms with Gasteiger partial charge in [-0.25, -0.2) is 0 Å². The van der Waals surface area contributed by atoms with Crippen molar-refractivity contribution in [1.29, 1.82) is 0 Å². The van der Waals surface area contributed by atoms with Crippen LogP contribution in [0.3, 0.4) is 0 Å². The molecular formula is C17H33Cl2N3O. The normalized spacial score (nSPS) is 32.0. The molecule has 1 aliphatic carbocycles. The number of rotatable bonds is 3. The summed E-state index contributed by atoms with van der Waals surface area (Å²) in [7, 11) is 0. The second kappa shape index (κ2) is 10.1. The van der Waals surface area contributed by atoms with Crippen LogP contribution in [-0.4, -0.2) is 54.0 Å². The standard InChI is InChI=1S/C17H31N3O.2ClH/c18-16-7-3-2-6-14(16)12-17(21)20-11-8-15(13-20)19-9-4-1-5-10-19;;/h14-16H,1-13,18H2;2*1H. The Hall–Kier alpha value is -0.0300. The molecule has 1 saturated carbocycles. The molecule has 0 aromatic rings. The zero-order chi connectivity index (χ0) is 14.7. The van der Waals surface area contributed by atoms with Crippen LogP contribution >= 0.6 is 24.8 Å². The Bertz CT molecular complexity index is 364. The number of hydrogen-bond donors (Lipinski definition) is 1. The Labute approximate surface area is 153 Å². The van der Waals surface area contributed by atoms with Gasteiger partial charge in [-0.1, -0.05) is 19.3 Å². The highest BCUT2D eigenvalue weighted by molar-refractivity contribution is 5.85. The fraction of sp³-hybridized carbons (Fsp3) is 0.941. The molecule has 23 heavy (non-hydrogen) atoms. The van der Waals surface area contributed by atoms with E-state index in [-0.39, 0.29) is 30.9 Å². The van der Waals surface area contributed by atoms with E-state index in [1.807, 2.05) is 0 Å². The van der Waals surface area contributed by atoms with Gasteiger partial charge in [0.05, 0.1) is 0 Å². The molecule has 2 N–H and O–H groups in total. The Morgan fingerprint density at radius 1 is 0.913 bits per heavy atom. The minimum absolute atomic E-state index is 0. The first-order chi connectivity index (χ1) is 10.2. The molecule has 3 rings (SSSR count). The summed E-state index contributed by atoms with van der Waals surface area (Å²) in [5, 5.41) is 0. The molecule has 0 aromatic heterocycles. The van der Waals surface area contributed by atoms with Gasteiger partial charge in [0.2, 0.25) is 5.91 Å². The lowest BCUT2D eigenvalue weighted by Crippen LogP contribution is -2.42. The smallest absolute Gasteiger partial charge is 0.222 e. The maximum atomic E-state index is 12.5. The molecule has 3 aliphatic rings. The fourth-order valence-corrected chi connectivity index (χ4v) is 4.39. The predicted octanol–water partition coefficient (Wildman–Crippen LogP) is 2.82. The van der Waals surface area contributed by atoms with Crippen molar-refractivity contribution >= 4 is 30.7 Å². The highest BCUT2D eigenvalue weighted by Gasteiger charge is 2.33. The van der Waals surface area contributed by atoms with E-state index < -0.39 is 0 Å². The van der Waals surface area contributed by atoms with Crippen LogP contribution in [0, 0.1) is 5.92 Å². The molecule has 0 aromatic carbocycles. The monoisotopic (exact) mass is 365 g/mol. The van der Waals surface area contributed by atoms with Crippen LogP contribution in [-0.2, 0) is 4.79 Å². The Balaban J connectivity index is 0.00000132. The molecular weight excluding hydrogens is 333 g/mol. The first kappa shape index (κ1) is 21.0. The Morgan fingerprint density at radius 2 is 1.61 bits per heavy atom. The molecule has 1 amide bonds. The summed E-state index contributed by atoms with van der Waals surface area (Å²) in [6.45, 7) is 4.39. The number of carbonyl (C=O) groups excluding carboxylic acids is 1. The van der Waals surface area contributed by atoms with Crippen molar-refractivity contribution in [2.45, 2.75) is 69.9 Å². The van der Waals surface area contributed by atoms with Crippen molar-refractivity contribution in [3.63, 3.8) is 0 Å². The number of nitrogens with zero attached hydrogens (tertiary/aromatic N) is 2. The second-order valence-electron chi connectivity index (χ2n) is 7.29. The van der Waals surface area contributed by atoms with Gasteiger partial charge >= 0.3 is 0 Å². The minimum atomic E-state index is 0. The van der Waals surface area contributed by atoms with Crippen LogP contribution in [0.25, 0.3) is 0 Å². The molecule has 2 saturated heterocycles. The number of hydrogen-bond acceptors (Lipinski definition) is 3. The number of piperidine rings is 1. The van der Waals surface area contributed by atoms with E-state index in [0.717, 1.165) is 25.9 Å². The van der Waals surface area contributed by atoms with Gasteiger partial charge in [-0.3, -0.25) is 9.69 Å². The molecule has 136 valence electrons. The largest absolute Gasteiger partial charge is 0.341 e. The van der Waals surface area contributed by atoms with Gasteiger partial charge in [-0.15, -0.1) is 24.8 Å². The van der Waals surface area contributed by atoms with Crippen LogP contribution in [0.5, 0.6) is 0 Å². The van der Waals surface area contributed by atoms with Crippen LogP contribution in [0.1, 0.15) is 57.8 Å². The average molecular weight is 366 g/mol. The topological polar surface area (TPSA) is 49.6 Å². The average Bonchev–Trinajstić information content (AvgIpc) is 3.00. The van der Waals surface area contributed by atoms with Crippen molar-refractivity contribution in [2.24, 2.45) is 11.7 Å². The van der Waals surface area contributed by atoms with E-state index in [4.69, 9.17) is 5.73 Å². The van der Waals surface area contributed by atoms with Crippen molar-refractivity contribution < 1.29 is 4.79 Å². The lowest BCUT2D eigenvalue weighted by molar-refractivity contribution is -0.131. The van der Waals surface area contributed by atoms with Crippen LogP contribution in [0.4, 0.5) is 0 Å². The van der Waals surface area contributed by atoms with Crippen molar-refractivity contribution in [2.75, 3.05) is 26.2 Å². The SMILES string of the molecule is Cl.Cl.NC1CCCCC1CC(=O)N1CCC(N2CCCCC2)C1. The van der Waals surface area contributed by atoms with Crippen LogP contribution < -0.4 is 5.73 Å². The minimum Gasteiger partial charge on any atom is -0.341 e. The van der Waals surface area contributed by atoms with Gasteiger partial charge in [0, 0.05) is 31.6 Å². The number of likely N-dealkylation sites (tertiary alicyclic amines) is 2. The third-order valence-corrected chi connectivity index (χ3v) is 5.83.